The summed E-state index contributed by atoms with van der Waals surface area (Å²) in [6.07, 6.45) is 2.59. The fraction of sp³-hybridized carbons (Fsp3) is 0.250. The van der Waals surface area contributed by atoms with Crippen molar-refractivity contribution >= 4 is 11.6 Å². The van der Waals surface area contributed by atoms with Crippen molar-refractivity contribution < 1.29 is 9.53 Å². The van der Waals surface area contributed by atoms with Crippen molar-refractivity contribution in [3.05, 3.63) is 53.3 Å². The first-order valence-electron chi connectivity index (χ1n) is 6.80. The second-order valence-corrected chi connectivity index (χ2v) is 4.57. The number of anilines is 1. The van der Waals surface area contributed by atoms with Crippen LogP contribution in [0.25, 0.3) is 0 Å². The number of aryl methyl sites for hydroxylation is 1. The van der Waals surface area contributed by atoms with Gasteiger partial charge in [-0.3, -0.25) is 9.78 Å². The van der Waals surface area contributed by atoms with Crippen molar-refractivity contribution in [3.8, 4) is 5.75 Å². The highest BCUT2D eigenvalue weighted by Gasteiger charge is 2.15. The van der Waals surface area contributed by atoms with Gasteiger partial charge in [-0.15, -0.1) is 0 Å². The summed E-state index contributed by atoms with van der Waals surface area (Å²) in [5, 5.41) is 2.84. The minimum absolute atomic E-state index is 0.266. The van der Waals surface area contributed by atoms with Crippen molar-refractivity contribution in [2.45, 2.75) is 19.9 Å². The average Bonchev–Trinajstić information content (AvgIpc) is 2.52. The molecule has 1 aromatic carbocycles. The van der Waals surface area contributed by atoms with Gasteiger partial charge in [0, 0.05) is 11.9 Å². The van der Waals surface area contributed by atoms with E-state index in [1.807, 2.05) is 12.1 Å². The Morgan fingerprint density at radius 3 is 2.86 bits per heavy atom. The van der Waals surface area contributed by atoms with E-state index in [4.69, 9.17) is 10.5 Å². The molecule has 0 aliphatic heterocycles. The maximum absolute atomic E-state index is 12.3. The van der Waals surface area contributed by atoms with E-state index >= 15 is 0 Å². The van der Waals surface area contributed by atoms with Gasteiger partial charge in [0.05, 0.1) is 19.3 Å². The highest BCUT2D eigenvalue weighted by atomic mass is 16.5. The summed E-state index contributed by atoms with van der Waals surface area (Å²) in [5.74, 6) is 0.196. The molecule has 0 fully saturated rings. The van der Waals surface area contributed by atoms with Gasteiger partial charge in [-0.05, 0) is 30.2 Å². The number of amides is 1. The van der Waals surface area contributed by atoms with Crippen molar-refractivity contribution in [2.24, 2.45) is 0 Å². The molecule has 3 N–H and O–H groups in total. The third-order valence-corrected chi connectivity index (χ3v) is 3.29. The molecule has 1 aromatic heterocycles. The van der Waals surface area contributed by atoms with Crippen molar-refractivity contribution in [2.75, 3.05) is 12.8 Å². The molecule has 2 aromatic rings. The fourth-order valence-corrected chi connectivity index (χ4v) is 2.17. The van der Waals surface area contributed by atoms with Crippen molar-refractivity contribution in [3.63, 3.8) is 0 Å². The topological polar surface area (TPSA) is 77.2 Å². The number of pyridine rings is 1. The van der Waals surface area contributed by atoms with Crippen LogP contribution in [0.2, 0.25) is 0 Å². The number of rotatable bonds is 5. The van der Waals surface area contributed by atoms with Crippen LogP contribution < -0.4 is 15.8 Å². The molecule has 1 heterocycles. The van der Waals surface area contributed by atoms with Gasteiger partial charge in [0.2, 0.25) is 0 Å². The number of nitrogens with one attached hydrogen (secondary N) is 1. The summed E-state index contributed by atoms with van der Waals surface area (Å²) < 4.78 is 5.19. The molecular formula is C16H19N3O2. The number of carbonyl (C=O) groups excluding carboxylic acids is 1. The lowest BCUT2D eigenvalue weighted by Crippen LogP contribution is -2.25. The smallest absolute Gasteiger partial charge is 0.257 e. The van der Waals surface area contributed by atoms with Gasteiger partial charge >= 0.3 is 0 Å². The van der Waals surface area contributed by atoms with E-state index in [2.05, 4.69) is 17.2 Å². The lowest BCUT2D eigenvalue weighted by atomic mass is 10.1. The molecule has 0 spiro atoms. The van der Waals surface area contributed by atoms with Gasteiger partial charge in [0.25, 0.3) is 5.91 Å². The molecule has 0 aliphatic rings. The summed E-state index contributed by atoms with van der Waals surface area (Å²) in [5.41, 5.74) is 8.59. The van der Waals surface area contributed by atoms with Gasteiger partial charge < -0.3 is 15.8 Å². The predicted molar refractivity (Wildman–Crippen MR) is 82.2 cm³/mol. The monoisotopic (exact) mass is 285 g/mol. The number of nitrogens with two attached hydrogens (primary N) is 1. The van der Waals surface area contributed by atoms with Gasteiger partial charge in [-0.25, -0.2) is 0 Å². The Balaban J connectivity index is 2.16. The first-order chi connectivity index (χ1) is 10.2. The Bertz CT molecular complexity index is 641. The van der Waals surface area contributed by atoms with Crippen LogP contribution in [0.1, 0.15) is 28.5 Å². The molecule has 0 radical (unpaired) electrons. The molecule has 0 saturated carbocycles. The van der Waals surface area contributed by atoms with E-state index in [9.17, 15) is 4.79 Å². The van der Waals surface area contributed by atoms with E-state index in [1.54, 1.807) is 24.4 Å². The molecule has 0 aliphatic carbocycles. The van der Waals surface area contributed by atoms with E-state index in [0.717, 1.165) is 17.7 Å². The van der Waals surface area contributed by atoms with Crippen LogP contribution >= 0.6 is 0 Å². The standard InChI is InChI=1S/C16H19N3O2/c1-3-11-6-5-9-18-13(11)10-19-16(20)15-12(17)7-4-8-14(15)21-2/h4-9H,3,10,17H2,1-2H3,(H,19,20). The van der Waals surface area contributed by atoms with Crippen LogP contribution in [0.5, 0.6) is 5.75 Å². The number of benzene rings is 1. The number of nitrogen functional groups attached to an aromatic ring is 1. The number of ether oxygens (including phenoxy) is 1. The van der Waals surface area contributed by atoms with Gasteiger partial charge in [-0.1, -0.05) is 19.1 Å². The molecule has 2 rings (SSSR count). The van der Waals surface area contributed by atoms with Crippen LogP contribution in [-0.4, -0.2) is 18.0 Å². The molecule has 0 unspecified atom stereocenters. The minimum atomic E-state index is -0.266. The number of hydrogen-bond donors (Lipinski definition) is 2. The molecule has 21 heavy (non-hydrogen) atoms. The summed E-state index contributed by atoms with van der Waals surface area (Å²) in [4.78, 5) is 16.6. The van der Waals surface area contributed by atoms with Crippen LogP contribution in [0, 0.1) is 0 Å². The SMILES string of the molecule is CCc1cccnc1CNC(=O)c1c(N)cccc1OC. The molecule has 0 atom stereocenters. The third kappa shape index (κ3) is 3.31. The molecule has 0 bridgehead atoms. The van der Waals surface area contributed by atoms with Crippen molar-refractivity contribution in [1.82, 2.24) is 10.3 Å². The van der Waals surface area contributed by atoms with Gasteiger partial charge in [0.1, 0.15) is 11.3 Å². The minimum Gasteiger partial charge on any atom is -0.496 e. The number of methoxy groups -OCH3 is 1. The maximum atomic E-state index is 12.3. The molecule has 0 saturated heterocycles. The zero-order valence-corrected chi connectivity index (χ0v) is 12.2. The quantitative estimate of drug-likeness (QED) is 0.825. The lowest BCUT2D eigenvalue weighted by molar-refractivity contribution is 0.0948. The highest BCUT2D eigenvalue weighted by Crippen LogP contribution is 2.23. The first-order valence-corrected chi connectivity index (χ1v) is 6.80. The predicted octanol–water partition coefficient (Wildman–Crippen LogP) is 2.16. The Morgan fingerprint density at radius 2 is 2.14 bits per heavy atom. The molecule has 5 nitrogen and oxygen atoms in total. The largest absolute Gasteiger partial charge is 0.496 e. The second-order valence-electron chi connectivity index (χ2n) is 4.57. The molecule has 1 amide bonds. The Labute approximate surface area is 124 Å². The number of carbonyl (C=O) groups is 1. The third-order valence-electron chi connectivity index (χ3n) is 3.29. The average molecular weight is 285 g/mol. The maximum Gasteiger partial charge on any atom is 0.257 e. The Kier molecular flexibility index (Phi) is 4.77. The fourth-order valence-electron chi connectivity index (χ4n) is 2.17. The summed E-state index contributed by atoms with van der Waals surface area (Å²) >= 11 is 0. The van der Waals surface area contributed by atoms with E-state index in [1.165, 1.54) is 7.11 Å². The number of hydrogen-bond acceptors (Lipinski definition) is 4. The molecule has 5 heteroatoms. The van der Waals surface area contributed by atoms with Crippen molar-refractivity contribution in [1.29, 1.82) is 0 Å². The highest BCUT2D eigenvalue weighted by molar-refractivity contribution is 6.01. The van der Waals surface area contributed by atoms with Crippen LogP contribution in [0.3, 0.4) is 0 Å². The Hall–Kier alpha value is -2.56. The summed E-state index contributed by atoms with van der Waals surface area (Å²) in [6, 6.07) is 9.03. The molecule has 110 valence electrons. The van der Waals surface area contributed by atoms with Crippen LogP contribution in [0.4, 0.5) is 5.69 Å². The van der Waals surface area contributed by atoms with Gasteiger partial charge in [-0.2, -0.15) is 0 Å². The van der Waals surface area contributed by atoms with Gasteiger partial charge in [0.15, 0.2) is 0 Å². The first kappa shape index (κ1) is 14.8. The van der Waals surface area contributed by atoms with Crippen LogP contribution in [-0.2, 0) is 13.0 Å². The number of aromatic nitrogens is 1. The lowest BCUT2D eigenvalue weighted by Gasteiger charge is -2.12. The Morgan fingerprint density at radius 1 is 1.33 bits per heavy atom. The zero-order chi connectivity index (χ0) is 15.2. The zero-order valence-electron chi connectivity index (χ0n) is 12.2. The second kappa shape index (κ2) is 6.74. The van der Waals surface area contributed by atoms with E-state index in [0.29, 0.717) is 23.5 Å². The van der Waals surface area contributed by atoms with Crippen LogP contribution in [0.15, 0.2) is 36.5 Å². The number of nitrogens with zero attached hydrogens (tertiary/aromatic N) is 1. The summed E-state index contributed by atoms with van der Waals surface area (Å²) in [6.45, 7) is 2.42. The van der Waals surface area contributed by atoms with E-state index in [-0.39, 0.29) is 5.91 Å². The molecular weight excluding hydrogens is 266 g/mol. The summed E-state index contributed by atoms with van der Waals surface area (Å²) in [7, 11) is 1.51. The van der Waals surface area contributed by atoms with E-state index < -0.39 is 0 Å². The normalized spacial score (nSPS) is 10.2.